The molecule has 0 spiro atoms. The van der Waals surface area contributed by atoms with Crippen LogP contribution in [0.15, 0.2) is 69.7 Å². The third-order valence-corrected chi connectivity index (χ3v) is 7.26. The van der Waals surface area contributed by atoms with Crippen molar-refractivity contribution in [2.45, 2.75) is 18.7 Å². The normalized spacial score (nSPS) is 11.4. The van der Waals surface area contributed by atoms with E-state index in [0.717, 1.165) is 6.07 Å². The number of amides is 1. The van der Waals surface area contributed by atoms with Crippen LogP contribution in [-0.2, 0) is 19.1 Å². The van der Waals surface area contributed by atoms with Crippen LogP contribution in [0.5, 0.6) is 0 Å². The summed E-state index contributed by atoms with van der Waals surface area (Å²) in [5, 5.41) is 31.9. The average Bonchev–Trinajstić information content (AvgIpc) is 3.31. The van der Waals surface area contributed by atoms with Gasteiger partial charge in [-0.25, -0.2) is 0 Å². The second-order valence-corrected chi connectivity index (χ2v) is 10.2. The minimum atomic E-state index is -3.92. The second-order valence-electron chi connectivity index (χ2n) is 7.54. The van der Waals surface area contributed by atoms with Crippen molar-refractivity contribution in [1.82, 2.24) is 0 Å². The maximum Gasteiger partial charge on any atom is 0.333 e. The lowest BCUT2D eigenvalue weighted by molar-refractivity contribution is -0.389. The zero-order valence-electron chi connectivity index (χ0n) is 20.1. The number of nitro groups is 2. The van der Waals surface area contributed by atoms with Crippen LogP contribution in [-0.4, -0.2) is 43.9 Å². The van der Waals surface area contributed by atoms with E-state index in [1.54, 1.807) is 35.2 Å². The molecule has 1 amide bonds. The van der Waals surface area contributed by atoms with Crippen molar-refractivity contribution in [3.63, 3.8) is 0 Å². The second kappa shape index (κ2) is 12.3. The maximum atomic E-state index is 12.4. The molecule has 0 aliphatic rings. The highest BCUT2D eigenvalue weighted by atomic mass is 32.2. The lowest BCUT2D eigenvalue weighted by Gasteiger charge is -2.24. The first kappa shape index (κ1) is 28.3. The maximum absolute atomic E-state index is 12.4. The molecule has 1 N–H and O–H groups in total. The van der Waals surface area contributed by atoms with E-state index >= 15 is 0 Å². The number of carbonyl (C=O) groups excluding carboxylic acids is 1. The van der Waals surface area contributed by atoms with Gasteiger partial charge in [-0.15, -0.1) is 10.2 Å². The van der Waals surface area contributed by atoms with E-state index in [4.69, 9.17) is 4.18 Å². The van der Waals surface area contributed by atoms with Crippen molar-refractivity contribution < 1.29 is 27.2 Å². The number of thiophene rings is 1. The van der Waals surface area contributed by atoms with Crippen LogP contribution in [0.3, 0.4) is 0 Å². The first-order valence-electron chi connectivity index (χ1n) is 11.0. The van der Waals surface area contributed by atoms with E-state index in [0.29, 0.717) is 23.6 Å². The van der Waals surface area contributed by atoms with E-state index in [-0.39, 0.29) is 34.4 Å². The molecule has 0 bridgehead atoms. The van der Waals surface area contributed by atoms with Crippen LogP contribution >= 0.6 is 11.3 Å². The Morgan fingerprint density at radius 3 is 2.39 bits per heavy atom. The lowest BCUT2D eigenvalue weighted by Crippen LogP contribution is -2.28. The highest BCUT2D eigenvalue weighted by Gasteiger charge is 2.25. The smallest absolute Gasteiger partial charge is 0.333 e. The molecule has 1 aromatic heterocycles. The summed E-state index contributed by atoms with van der Waals surface area (Å²) >= 11 is 0.496. The monoisotopic (exact) mass is 562 g/mol. The molecule has 0 saturated heterocycles. The molecule has 3 rings (SSSR count). The molecule has 0 atom stereocenters. The fraction of sp³-hybridized carbons (Fsp3) is 0.227. The first-order chi connectivity index (χ1) is 18.0. The summed E-state index contributed by atoms with van der Waals surface area (Å²) in [7, 11) is -3.92. The van der Waals surface area contributed by atoms with Crippen LogP contribution in [0.25, 0.3) is 0 Å². The zero-order chi connectivity index (χ0) is 27.9. The van der Waals surface area contributed by atoms with Crippen LogP contribution in [0.4, 0.5) is 32.8 Å². The van der Waals surface area contributed by atoms with Crippen molar-refractivity contribution in [2.24, 2.45) is 10.2 Å². The van der Waals surface area contributed by atoms with Gasteiger partial charge in [0.25, 0.3) is 10.1 Å². The molecule has 14 nitrogen and oxygen atoms in total. The quantitative estimate of drug-likeness (QED) is 0.134. The summed E-state index contributed by atoms with van der Waals surface area (Å²) in [6, 6.07) is 13.3. The van der Waals surface area contributed by atoms with Gasteiger partial charge in [-0.3, -0.25) is 29.2 Å². The molecule has 0 aliphatic carbocycles. The number of nitrogens with one attached hydrogen (secondary N) is 1. The van der Waals surface area contributed by atoms with Gasteiger partial charge in [0.2, 0.25) is 10.9 Å². The molecule has 3 aromatic rings. The van der Waals surface area contributed by atoms with Gasteiger partial charge in [-0.1, -0.05) is 18.2 Å². The minimum absolute atomic E-state index is 0.0435. The number of likely N-dealkylation sites (N-methyl/N-ethyl adjacent to an activating group) is 1. The Morgan fingerprint density at radius 1 is 1.08 bits per heavy atom. The van der Waals surface area contributed by atoms with Gasteiger partial charge in [0, 0.05) is 25.7 Å². The van der Waals surface area contributed by atoms with Crippen LogP contribution in [0, 0.1) is 20.2 Å². The fourth-order valence-electron chi connectivity index (χ4n) is 3.23. The highest BCUT2D eigenvalue weighted by molar-refractivity contribution is 7.86. The largest absolute Gasteiger partial charge is 0.369 e. The first-order valence-corrected chi connectivity index (χ1v) is 13.2. The standard InChI is InChI=1S/C22H22N6O8S2/c1-3-26(11-12-36-38(34,35)17-7-5-4-6-8-17)16-9-10-18(19(13-16)23-15(2)29)24-25-22-20(27(30)31)14-21(37-22)28(32)33/h4-10,13-14H,3,11-12H2,1-2H3,(H,23,29). The third-order valence-electron chi connectivity index (χ3n) is 4.98. The van der Waals surface area contributed by atoms with Gasteiger partial charge >= 0.3 is 10.7 Å². The molecule has 0 aliphatic heterocycles. The summed E-state index contributed by atoms with van der Waals surface area (Å²) < 4.78 is 29.9. The predicted octanol–water partition coefficient (Wildman–Crippen LogP) is 5.17. The molecule has 0 fully saturated rings. The van der Waals surface area contributed by atoms with Gasteiger partial charge in [0.1, 0.15) is 11.8 Å². The SMILES string of the molecule is CCN(CCOS(=O)(=O)c1ccccc1)c1ccc(N=Nc2sc([N+](=O)[O-])cc2[N+](=O)[O-])c(NC(C)=O)c1. The van der Waals surface area contributed by atoms with Crippen LogP contribution < -0.4 is 10.2 Å². The number of rotatable bonds is 12. The number of hydrogen-bond donors (Lipinski definition) is 1. The molecule has 0 radical (unpaired) electrons. The third kappa shape index (κ3) is 7.15. The molecule has 38 heavy (non-hydrogen) atoms. The minimum Gasteiger partial charge on any atom is -0.369 e. The van der Waals surface area contributed by atoms with Gasteiger partial charge in [0.15, 0.2) is 0 Å². The Bertz CT molecular complexity index is 1470. The molecule has 200 valence electrons. The molecule has 2 aromatic carbocycles. The summed E-state index contributed by atoms with van der Waals surface area (Å²) in [6.07, 6.45) is 0. The topological polar surface area (TPSA) is 187 Å². The summed E-state index contributed by atoms with van der Waals surface area (Å²) in [4.78, 5) is 34.3. The van der Waals surface area contributed by atoms with Gasteiger partial charge in [-0.2, -0.15) is 8.42 Å². The Hall–Kier alpha value is -4.28. The number of benzene rings is 2. The van der Waals surface area contributed by atoms with Gasteiger partial charge < -0.3 is 10.2 Å². The van der Waals surface area contributed by atoms with E-state index in [2.05, 4.69) is 15.5 Å². The molecular formula is C22H22N6O8S2. The molecular weight excluding hydrogens is 540 g/mol. The highest BCUT2D eigenvalue weighted by Crippen LogP contribution is 2.42. The Labute approximate surface area is 221 Å². The summed E-state index contributed by atoms with van der Waals surface area (Å²) in [6.45, 7) is 3.66. The van der Waals surface area contributed by atoms with Gasteiger partial charge in [0.05, 0.1) is 27.0 Å². The number of azo groups is 1. The van der Waals surface area contributed by atoms with E-state index in [1.165, 1.54) is 25.1 Å². The average molecular weight is 563 g/mol. The molecule has 0 saturated carbocycles. The number of carbonyl (C=O) groups is 1. The summed E-state index contributed by atoms with van der Waals surface area (Å²) in [5.41, 5.74) is 0.413. The Morgan fingerprint density at radius 2 is 1.79 bits per heavy atom. The number of anilines is 2. The zero-order valence-corrected chi connectivity index (χ0v) is 21.8. The van der Waals surface area contributed by atoms with Crippen LogP contribution in [0.1, 0.15) is 13.8 Å². The van der Waals surface area contributed by atoms with E-state index < -0.39 is 36.6 Å². The summed E-state index contributed by atoms with van der Waals surface area (Å²) in [5.74, 6) is -0.420. The van der Waals surface area contributed by atoms with Crippen molar-refractivity contribution in [2.75, 3.05) is 29.9 Å². The van der Waals surface area contributed by atoms with Gasteiger partial charge in [-0.05, 0) is 48.6 Å². The lowest BCUT2D eigenvalue weighted by atomic mass is 10.2. The Kier molecular flexibility index (Phi) is 9.16. The number of hydrogen-bond acceptors (Lipinski definition) is 12. The van der Waals surface area contributed by atoms with Crippen LogP contribution in [0.2, 0.25) is 0 Å². The van der Waals surface area contributed by atoms with E-state index in [9.17, 15) is 33.4 Å². The Balaban J connectivity index is 1.82. The molecule has 1 heterocycles. The van der Waals surface area contributed by atoms with E-state index in [1.807, 2.05) is 6.92 Å². The fourth-order valence-corrected chi connectivity index (χ4v) is 4.91. The van der Waals surface area contributed by atoms with Crippen molar-refractivity contribution in [3.05, 3.63) is 74.8 Å². The molecule has 0 unspecified atom stereocenters. The van der Waals surface area contributed by atoms with Crippen molar-refractivity contribution in [3.8, 4) is 0 Å². The number of nitrogens with zero attached hydrogens (tertiary/aromatic N) is 5. The predicted molar refractivity (Wildman–Crippen MR) is 140 cm³/mol. The van der Waals surface area contributed by atoms with Crippen molar-refractivity contribution >= 4 is 60.1 Å². The molecule has 16 heteroatoms. The van der Waals surface area contributed by atoms with Crippen molar-refractivity contribution in [1.29, 1.82) is 0 Å².